The highest BCUT2D eigenvalue weighted by molar-refractivity contribution is 5.94. The number of hydrogen-bond donors (Lipinski definition) is 1. The molecule has 1 aromatic heterocycles. The van der Waals surface area contributed by atoms with E-state index in [1.807, 2.05) is 20.8 Å². The molecule has 0 radical (unpaired) electrons. The quantitative estimate of drug-likeness (QED) is 0.837. The van der Waals surface area contributed by atoms with Crippen molar-refractivity contribution in [2.24, 2.45) is 0 Å². The van der Waals surface area contributed by atoms with Crippen molar-refractivity contribution in [2.75, 3.05) is 6.61 Å². The second-order valence-electron chi connectivity index (χ2n) is 5.75. The van der Waals surface area contributed by atoms with Crippen molar-refractivity contribution in [3.63, 3.8) is 0 Å². The molecule has 2 aromatic rings. The van der Waals surface area contributed by atoms with Gasteiger partial charge in [0.25, 0.3) is 11.5 Å². The van der Waals surface area contributed by atoms with E-state index in [1.54, 1.807) is 29.7 Å². The number of amides is 1. The van der Waals surface area contributed by atoms with Gasteiger partial charge in [-0.15, -0.1) is 0 Å². The zero-order chi connectivity index (χ0) is 17.9. The fourth-order valence-electron chi connectivity index (χ4n) is 2.39. The minimum absolute atomic E-state index is 0.0187. The molecule has 0 aliphatic rings. The van der Waals surface area contributed by atoms with Gasteiger partial charge in [-0.2, -0.15) is 0 Å². The first-order valence-electron chi connectivity index (χ1n) is 7.81. The van der Waals surface area contributed by atoms with Gasteiger partial charge in [0.1, 0.15) is 5.69 Å². The van der Waals surface area contributed by atoms with Crippen LogP contribution < -0.4 is 10.9 Å². The van der Waals surface area contributed by atoms with Crippen molar-refractivity contribution in [3.8, 4) is 0 Å². The molecule has 0 saturated heterocycles. The van der Waals surface area contributed by atoms with Gasteiger partial charge in [0, 0.05) is 12.6 Å². The number of aromatic nitrogens is 2. The first-order chi connectivity index (χ1) is 11.3. The molecule has 1 amide bonds. The maximum atomic E-state index is 12.1. The first-order valence-corrected chi connectivity index (χ1v) is 7.81. The zero-order valence-corrected chi connectivity index (χ0v) is 14.3. The average molecular weight is 331 g/mol. The lowest BCUT2D eigenvalue weighted by molar-refractivity contribution is -0.124. The van der Waals surface area contributed by atoms with E-state index < -0.39 is 5.97 Å². The summed E-state index contributed by atoms with van der Waals surface area (Å²) in [5.74, 6) is -0.961. The molecular formula is C17H21N3O4. The minimum Gasteiger partial charge on any atom is -0.452 e. The molecule has 7 nitrogen and oxygen atoms in total. The number of esters is 1. The van der Waals surface area contributed by atoms with Gasteiger partial charge in [0.15, 0.2) is 6.61 Å². The second-order valence-corrected chi connectivity index (χ2v) is 5.75. The Bertz CT molecular complexity index is 840. The van der Waals surface area contributed by atoms with E-state index in [0.29, 0.717) is 23.3 Å². The Hall–Kier alpha value is -2.70. The van der Waals surface area contributed by atoms with Crippen LogP contribution >= 0.6 is 0 Å². The molecule has 2 rings (SSSR count). The molecule has 7 heteroatoms. The van der Waals surface area contributed by atoms with Gasteiger partial charge < -0.3 is 14.6 Å². The summed E-state index contributed by atoms with van der Waals surface area (Å²) in [5, 5.41) is 2.64. The highest BCUT2D eigenvalue weighted by atomic mass is 16.5. The molecule has 0 saturated carbocycles. The molecule has 0 fully saturated rings. The maximum Gasteiger partial charge on any atom is 0.338 e. The van der Waals surface area contributed by atoms with Gasteiger partial charge in [-0.05, 0) is 45.9 Å². The van der Waals surface area contributed by atoms with Crippen molar-refractivity contribution in [1.29, 1.82) is 0 Å². The van der Waals surface area contributed by atoms with Gasteiger partial charge >= 0.3 is 5.97 Å². The van der Waals surface area contributed by atoms with Crippen LogP contribution in [0.15, 0.2) is 23.0 Å². The smallest absolute Gasteiger partial charge is 0.338 e. The van der Waals surface area contributed by atoms with Crippen molar-refractivity contribution < 1.29 is 14.3 Å². The number of benzene rings is 1. The van der Waals surface area contributed by atoms with Gasteiger partial charge in [-0.1, -0.05) is 0 Å². The third-order valence-electron chi connectivity index (χ3n) is 3.44. The van der Waals surface area contributed by atoms with Crippen LogP contribution in [0.25, 0.3) is 11.0 Å². The Kier molecular flexibility index (Phi) is 5.33. The number of carbonyl (C=O) groups is 2. The normalized spacial score (nSPS) is 10.9. The molecule has 24 heavy (non-hydrogen) atoms. The summed E-state index contributed by atoms with van der Waals surface area (Å²) in [6.45, 7) is 7.33. The summed E-state index contributed by atoms with van der Waals surface area (Å²) in [4.78, 5) is 39.9. The summed E-state index contributed by atoms with van der Waals surface area (Å²) in [6, 6.07) is 4.77. The molecule has 128 valence electrons. The Morgan fingerprint density at radius 3 is 2.67 bits per heavy atom. The number of fused-ring (bicyclic) bond motifs is 1. The van der Waals surface area contributed by atoms with Crippen molar-refractivity contribution in [3.05, 3.63) is 39.8 Å². The minimum atomic E-state index is -0.607. The highest BCUT2D eigenvalue weighted by Gasteiger charge is 2.13. The van der Waals surface area contributed by atoms with Crippen LogP contribution in [-0.4, -0.2) is 34.1 Å². The van der Waals surface area contributed by atoms with Crippen LogP contribution in [0.5, 0.6) is 0 Å². The summed E-state index contributed by atoms with van der Waals surface area (Å²) in [6.07, 6.45) is 0. The van der Waals surface area contributed by atoms with Crippen LogP contribution in [0.2, 0.25) is 0 Å². The van der Waals surface area contributed by atoms with Gasteiger partial charge in [-0.3, -0.25) is 9.59 Å². The molecule has 0 aliphatic carbocycles. The van der Waals surface area contributed by atoms with Crippen LogP contribution in [0.1, 0.15) is 36.8 Å². The van der Waals surface area contributed by atoms with E-state index in [4.69, 9.17) is 4.74 Å². The van der Waals surface area contributed by atoms with E-state index in [0.717, 1.165) is 0 Å². The standard InChI is InChI=1S/C17H21N3O4/c1-5-20-14-7-6-12(8-13(14)19-11(4)16(20)22)17(23)24-9-15(21)18-10(2)3/h6-8,10H,5,9H2,1-4H3,(H,18,21). The molecule has 0 spiro atoms. The topological polar surface area (TPSA) is 90.3 Å². The van der Waals surface area contributed by atoms with Crippen LogP contribution in [0.4, 0.5) is 0 Å². The van der Waals surface area contributed by atoms with Crippen molar-refractivity contribution in [1.82, 2.24) is 14.9 Å². The maximum absolute atomic E-state index is 12.1. The summed E-state index contributed by atoms with van der Waals surface area (Å²) in [7, 11) is 0. The van der Waals surface area contributed by atoms with E-state index in [9.17, 15) is 14.4 Å². The van der Waals surface area contributed by atoms with E-state index in [1.165, 1.54) is 0 Å². The Morgan fingerprint density at radius 2 is 2.04 bits per heavy atom. The average Bonchev–Trinajstić information content (AvgIpc) is 2.52. The van der Waals surface area contributed by atoms with Gasteiger partial charge in [-0.25, -0.2) is 9.78 Å². The lowest BCUT2D eigenvalue weighted by Crippen LogP contribution is -2.34. The molecule has 1 aromatic carbocycles. The third kappa shape index (κ3) is 3.79. The summed E-state index contributed by atoms with van der Waals surface area (Å²) >= 11 is 0. The molecule has 1 N–H and O–H groups in total. The fourth-order valence-corrected chi connectivity index (χ4v) is 2.39. The predicted molar refractivity (Wildman–Crippen MR) is 90.0 cm³/mol. The van der Waals surface area contributed by atoms with Gasteiger partial charge in [0.05, 0.1) is 16.6 Å². The molecule has 0 aliphatic heterocycles. The lowest BCUT2D eigenvalue weighted by atomic mass is 10.2. The molecule has 0 bridgehead atoms. The number of hydrogen-bond acceptors (Lipinski definition) is 5. The second kappa shape index (κ2) is 7.25. The summed E-state index contributed by atoms with van der Waals surface area (Å²) < 4.78 is 6.60. The van der Waals surface area contributed by atoms with Gasteiger partial charge in [0.2, 0.25) is 0 Å². The summed E-state index contributed by atoms with van der Waals surface area (Å²) in [5.41, 5.74) is 1.70. The molecule has 0 unspecified atom stereocenters. The van der Waals surface area contributed by atoms with E-state index >= 15 is 0 Å². The molecular weight excluding hydrogens is 310 g/mol. The van der Waals surface area contributed by atoms with E-state index in [2.05, 4.69) is 10.3 Å². The fraction of sp³-hybridized carbons (Fsp3) is 0.412. The van der Waals surface area contributed by atoms with Crippen molar-refractivity contribution in [2.45, 2.75) is 40.3 Å². The Balaban J connectivity index is 2.24. The van der Waals surface area contributed by atoms with Crippen molar-refractivity contribution >= 4 is 22.9 Å². The Labute approximate surface area is 139 Å². The first kappa shape index (κ1) is 17.7. The largest absolute Gasteiger partial charge is 0.452 e. The zero-order valence-electron chi connectivity index (χ0n) is 14.3. The van der Waals surface area contributed by atoms with Crippen LogP contribution in [0, 0.1) is 6.92 Å². The number of rotatable bonds is 5. The monoisotopic (exact) mass is 331 g/mol. The van der Waals surface area contributed by atoms with Crippen LogP contribution in [-0.2, 0) is 16.1 Å². The SMILES string of the molecule is CCn1c(=O)c(C)nc2cc(C(=O)OCC(=O)NC(C)C)ccc21. The number of ether oxygens (including phenoxy) is 1. The van der Waals surface area contributed by atoms with E-state index in [-0.39, 0.29) is 29.7 Å². The van der Waals surface area contributed by atoms with Crippen LogP contribution in [0.3, 0.4) is 0 Å². The Morgan fingerprint density at radius 1 is 1.33 bits per heavy atom. The lowest BCUT2D eigenvalue weighted by Gasteiger charge is -2.11. The number of aryl methyl sites for hydroxylation is 2. The third-order valence-corrected chi connectivity index (χ3v) is 3.44. The molecule has 1 heterocycles. The highest BCUT2D eigenvalue weighted by Crippen LogP contribution is 2.14. The number of carbonyl (C=O) groups excluding carboxylic acids is 2. The molecule has 0 atom stereocenters. The number of nitrogens with one attached hydrogen (secondary N) is 1. The number of nitrogens with zero attached hydrogens (tertiary/aromatic N) is 2. The predicted octanol–water partition coefficient (Wildman–Crippen LogP) is 1.41.